The van der Waals surface area contributed by atoms with Gasteiger partial charge in [-0.15, -0.1) is 0 Å². The Morgan fingerprint density at radius 2 is 2.10 bits per heavy atom. The van der Waals surface area contributed by atoms with Crippen LogP contribution < -0.4 is 5.32 Å². The molecule has 0 aliphatic heterocycles. The lowest BCUT2D eigenvalue weighted by molar-refractivity contribution is 0.245. The molecule has 1 aromatic rings. The Morgan fingerprint density at radius 1 is 1.33 bits per heavy atom. The van der Waals surface area contributed by atoms with Crippen molar-refractivity contribution in [3.8, 4) is 0 Å². The molecule has 120 valence electrons. The van der Waals surface area contributed by atoms with E-state index in [1.807, 2.05) is 25.6 Å². The first-order valence-electron chi connectivity index (χ1n) is 8.35. The van der Waals surface area contributed by atoms with Crippen LogP contribution in [0.3, 0.4) is 0 Å². The molecule has 1 heterocycles. The molecule has 0 amide bonds. The maximum Gasteiger partial charge on any atom is 0.256 e. The topological polar surface area (TPSA) is 38.1 Å². The number of aromatic nitrogens is 1. The van der Waals surface area contributed by atoms with Crippen LogP contribution in [0.5, 0.6) is 0 Å². The van der Waals surface area contributed by atoms with E-state index in [1.165, 1.54) is 25.7 Å². The van der Waals surface area contributed by atoms with Crippen molar-refractivity contribution in [1.82, 2.24) is 10.3 Å². The summed E-state index contributed by atoms with van der Waals surface area (Å²) in [5, 5.41) is 5.16. The summed E-state index contributed by atoms with van der Waals surface area (Å²) < 4.78 is 5.79. The fraction of sp³-hybridized carbons (Fsp3) is 0.824. The van der Waals surface area contributed by atoms with Gasteiger partial charge in [0, 0.05) is 11.3 Å². The molecular weight excluding hydrogens is 280 g/mol. The minimum Gasteiger partial charge on any atom is -0.437 e. The summed E-state index contributed by atoms with van der Waals surface area (Å²) in [5.41, 5.74) is 1.02. The zero-order chi connectivity index (χ0) is 15.4. The molecule has 1 fully saturated rings. The van der Waals surface area contributed by atoms with Crippen LogP contribution in [0.15, 0.2) is 9.64 Å². The van der Waals surface area contributed by atoms with Crippen LogP contribution in [0.1, 0.15) is 57.9 Å². The molecule has 3 atom stereocenters. The van der Waals surface area contributed by atoms with Gasteiger partial charge in [0.2, 0.25) is 0 Å². The zero-order valence-electron chi connectivity index (χ0n) is 14.1. The number of nitrogens with one attached hydrogen (secondary N) is 1. The summed E-state index contributed by atoms with van der Waals surface area (Å²) in [7, 11) is 0. The molecule has 1 aromatic heterocycles. The standard InChI is InChI=1S/C17H30N2OS/c1-6-9-18-15-8-7-14(11(2)3)10-16(15)21-17-19-12(4)13(5)20-17/h11,14-16,18H,6-10H2,1-5H3. The Bertz CT molecular complexity index is 424. The van der Waals surface area contributed by atoms with Crippen LogP contribution in [-0.4, -0.2) is 22.8 Å². The molecular formula is C17H30N2OS. The van der Waals surface area contributed by atoms with E-state index < -0.39 is 0 Å². The van der Waals surface area contributed by atoms with Crippen LogP contribution in [0.25, 0.3) is 0 Å². The second-order valence-electron chi connectivity index (χ2n) is 6.66. The van der Waals surface area contributed by atoms with Gasteiger partial charge in [-0.25, -0.2) is 4.98 Å². The number of hydrogen-bond donors (Lipinski definition) is 1. The molecule has 2 rings (SSSR count). The van der Waals surface area contributed by atoms with Crippen molar-refractivity contribution in [3.63, 3.8) is 0 Å². The average molecular weight is 311 g/mol. The lowest BCUT2D eigenvalue weighted by Crippen LogP contribution is -2.43. The van der Waals surface area contributed by atoms with Crippen LogP contribution >= 0.6 is 11.8 Å². The second-order valence-corrected chi connectivity index (χ2v) is 7.85. The van der Waals surface area contributed by atoms with Crippen molar-refractivity contribution in [2.45, 2.75) is 76.8 Å². The molecule has 1 saturated carbocycles. The van der Waals surface area contributed by atoms with Crippen molar-refractivity contribution in [3.05, 3.63) is 11.5 Å². The largest absolute Gasteiger partial charge is 0.437 e. The highest BCUT2D eigenvalue weighted by atomic mass is 32.2. The minimum absolute atomic E-state index is 0.579. The lowest BCUT2D eigenvalue weighted by Gasteiger charge is -2.37. The Hall–Kier alpha value is -0.480. The van der Waals surface area contributed by atoms with Crippen molar-refractivity contribution < 1.29 is 4.42 Å². The number of nitrogens with zero attached hydrogens (tertiary/aromatic N) is 1. The molecule has 0 aromatic carbocycles. The van der Waals surface area contributed by atoms with Gasteiger partial charge in [-0.3, -0.25) is 0 Å². The average Bonchev–Trinajstić information content (AvgIpc) is 2.75. The third-order valence-electron chi connectivity index (χ3n) is 4.69. The Labute approximate surface area is 133 Å². The Kier molecular flexibility index (Phi) is 6.18. The molecule has 3 nitrogen and oxygen atoms in total. The minimum atomic E-state index is 0.579. The Balaban J connectivity index is 2.04. The van der Waals surface area contributed by atoms with Gasteiger partial charge in [0.05, 0.1) is 5.69 Å². The van der Waals surface area contributed by atoms with E-state index in [9.17, 15) is 0 Å². The van der Waals surface area contributed by atoms with Crippen LogP contribution in [-0.2, 0) is 0 Å². The lowest BCUT2D eigenvalue weighted by atomic mass is 9.79. The molecule has 3 unspecified atom stereocenters. The summed E-state index contributed by atoms with van der Waals surface area (Å²) >= 11 is 1.84. The van der Waals surface area contributed by atoms with Gasteiger partial charge in [-0.05, 0) is 57.9 Å². The number of aryl methyl sites for hydroxylation is 2. The van der Waals surface area contributed by atoms with E-state index in [-0.39, 0.29) is 0 Å². The third kappa shape index (κ3) is 4.49. The maximum absolute atomic E-state index is 5.79. The molecule has 0 bridgehead atoms. The number of rotatable bonds is 6. The highest BCUT2D eigenvalue weighted by Gasteiger charge is 2.33. The molecule has 1 aliphatic rings. The molecule has 0 spiro atoms. The predicted octanol–water partition coefficient (Wildman–Crippen LogP) is 4.58. The van der Waals surface area contributed by atoms with E-state index in [2.05, 4.69) is 31.1 Å². The summed E-state index contributed by atoms with van der Waals surface area (Å²) in [4.78, 5) is 4.56. The summed E-state index contributed by atoms with van der Waals surface area (Å²) in [6, 6.07) is 0.595. The smallest absolute Gasteiger partial charge is 0.256 e. The van der Waals surface area contributed by atoms with E-state index >= 15 is 0 Å². The molecule has 0 saturated heterocycles. The first kappa shape index (κ1) is 16.9. The number of oxazole rings is 1. The fourth-order valence-electron chi connectivity index (χ4n) is 3.08. The molecule has 1 N–H and O–H groups in total. The van der Waals surface area contributed by atoms with E-state index in [1.54, 1.807) is 0 Å². The van der Waals surface area contributed by atoms with Gasteiger partial charge < -0.3 is 9.73 Å². The predicted molar refractivity (Wildman–Crippen MR) is 89.9 cm³/mol. The van der Waals surface area contributed by atoms with E-state index in [0.29, 0.717) is 11.3 Å². The maximum atomic E-state index is 5.79. The molecule has 4 heteroatoms. The van der Waals surface area contributed by atoms with Crippen molar-refractivity contribution in [2.75, 3.05) is 6.54 Å². The fourth-order valence-corrected chi connectivity index (χ4v) is 4.44. The van der Waals surface area contributed by atoms with Gasteiger partial charge in [-0.1, -0.05) is 32.5 Å². The van der Waals surface area contributed by atoms with Gasteiger partial charge in [0.25, 0.3) is 5.22 Å². The normalized spacial score (nSPS) is 26.5. The highest BCUT2D eigenvalue weighted by molar-refractivity contribution is 7.99. The first-order valence-corrected chi connectivity index (χ1v) is 9.23. The SMILES string of the molecule is CCCNC1CCC(C(C)C)CC1Sc1nc(C)c(C)o1. The summed E-state index contributed by atoms with van der Waals surface area (Å²) in [6.07, 6.45) is 5.09. The first-order chi connectivity index (χ1) is 10.0. The quantitative estimate of drug-likeness (QED) is 0.835. The zero-order valence-corrected chi connectivity index (χ0v) is 14.9. The van der Waals surface area contributed by atoms with E-state index in [4.69, 9.17) is 4.42 Å². The van der Waals surface area contributed by atoms with Gasteiger partial charge in [0.15, 0.2) is 0 Å². The van der Waals surface area contributed by atoms with Crippen LogP contribution in [0.2, 0.25) is 0 Å². The van der Waals surface area contributed by atoms with Crippen LogP contribution in [0, 0.1) is 25.7 Å². The Morgan fingerprint density at radius 3 is 2.67 bits per heavy atom. The third-order valence-corrected chi connectivity index (χ3v) is 5.89. The number of hydrogen-bond acceptors (Lipinski definition) is 4. The highest BCUT2D eigenvalue weighted by Crippen LogP contribution is 2.39. The second kappa shape index (κ2) is 7.68. The van der Waals surface area contributed by atoms with Gasteiger partial charge in [-0.2, -0.15) is 0 Å². The van der Waals surface area contributed by atoms with Crippen molar-refractivity contribution in [1.29, 1.82) is 0 Å². The summed E-state index contributed by atoms with van der Waals surface area (Å²) in [5.74, 6) is 2.55. The molecule has 0 radical (unpaired) electrons. The number of thioether (sulfide) groups is 1. The monoisotopic (exact) mass is 310 g/mol. The van der Waals surface area contributed by atoms with Crippen molar-refractivity contribution >= 4 is 11.8 Å². The molecule has 21 heavy (non-hydrogen) atoms. The summed E-state index contributed by atoms with van der Waals surface area (Å²) in [6.45, 7) is 12.1. The molecule has 1 aliphatic carbocycles. The van der Waals surface area contributed by atoms with E-state index in [0.717, 1.165) is 35.1 Å². The van der Waals surface area contributed by atoms with Gasteiger partial charge >= 0.3 is 0 Å². The van der Waals surface area contributed by atoms with Crippen molar-refractivity contribution in [2.24, 2.45) is 11.8 Å². The van der Waals surface area contributed by atoms with Crippen LogP contribution in [0.4, 0.5) is 0 Å². The van der Waals surface area contributed by atoms with Gasteiger partial charge in [0.1, 0.15) is 5.76 Å².